The van der Waals surface area contributed by atoms with Crippen LogP contribution in [-0.2, 0) is 14.3 Å². The topological polar surface area (TPSA) is 52.6 Å². The lowest BCUT2D eigenvalue weighted by Gasteiger charge is -2.30. The number of ether oxygens (including phenoxy) is 2. The summed E-state index contributed by atoms with van der Waals surface area (Å²) < 4.78 is 11.6. The maximum absolute atomic E-state index is 13.1. The minimum absolute atomic E-state index is 0.228. The van der Waals surface area contributed by atoms with Gasteiger partial charge in [-0.15, -0.1) is 0 Å². The molecule has 1 unspecified atom stereocenters. The summed E-state index contributed by atoms with van der Waals surface area (Å²) in [6.07, 6.45) is -0.152. The molecule has 0 aliphatic carbocycles. The number of rotatable bonds is 6. The van der Waals surface area contributed by atoms with Crippen LogP contribution in [0.2, 0.25) is 5.02 Å². The standard InChI is InChI=1S/C26H27ClO4/c1-6-30-25(29)24(31-26(3,4)5)22-16(2)21(15-28)19-9-7-8-10-20(19)23(22)17-11-13-18(27)14-12-17/h7-15,24H,6H2,1-5H3. The minimum Gasteiger partial charge on any atom is -0.464 e. The number of hydrogen-bond acceptors (Lipinski definition) is 4. The molecular weight excluding hydrogens is 412 g/mol. The predicted octanol–water partition coefficient (Wildman–Crippen LogP) is 6.70. The monoisotopic (exact) mass is 438 g/mol. The molecule has 0 bridgehead atoms. The summed E-state index contributed by atoms with van der Waals surface area (Å²) in [7, 11) is 0. The molecule has 0 saturated heterocycles. The first kappa shape index (κ1) is 23.0. The van der Waals surface area contributed by atoms with E-state index in [2.05, 4.69) is 0 Å². The third kappa shape index (κ3) is 4.81. The lowest BCUT2D eigenvalue weighted by atomic mass is 9.84. The maximum atomic E-state index is 13.1. The Morgan fingerprint density at radius 2 is 1.68 bits per heavy atom. The Bertz CT molecular complexity index is 1110. The molecule has 31 heavy (non-hydrogen) atoms. The molecule has 0 spiro atoms. The van der Waals surface area contributed by atoms with Crippen LogP contribution in [0, 0.1) is 6.92 Å². The molecule has 0 aliphatic rings. The highest BCUT2D eigenvalue weighted by Gasteiger charge is 2.34. The first-order valence-electron chi connectivity index (χ1n) is 10.3. The van der Waals surface area contributed by atoms with Crippen molar-refractivity contribution in [2.45, 2.75) is 46.3 Å². The van der Waals surface area contributed by atoms with Gasteiger partial charge < -0.3 is 9.47 Å². The van der Waals surface area contributed by atoms with Crippen molar-refractivity contribution in [3.05, 3.63) is 70.2 Å². The smallest absolute Gasteiger partial charge is 0.339 e. The van der Waals surface area contributed by atoms with Crippen molar-refractivity contribution < 1.29 is 19.1 Å². The van der Waals surface area contributed by atoms with Crippen LogP contribution in [0.15, 0.2) is 48.5 Å². The largest absolute Gasteiger partial charge is 0.464 e. The lowest BCUT2D eigenvalue weighted by molar-refractivity contribution is -0.166. The normalized spacial score (nSPS) is 12.6. The highest BCUT2D eigenvalue weighted by Crippen LogP contribution is 2.42. The number of esters is 1. The summed E-state index contributed by atoms with van der Waals surface area (Å²) in [6, 6.07) is 15.1. The van der Waals surface area contributed by atoms with E-state index >= 15 is 0 Å². The van der Waals surface area contributed by atoms with Gasteiger partial charge in [0.05, 0.1) is 12.2 Å². The van der Waals surface area contributed by atoms with Crippen molar-refractivity contribution in [1.29, 1.82) is 0 Å². The average molecular weight is 439 g/mol. The fraction of sp³-hybridized carbons (Fsp3) is 0.308. The fourth-order valence-corrected chi connectivity index (χ4v) is 3.95. The van der Waals surface area contributed by atoms with Crippen LogP contribution in [0.3, 0.4) is 0 Å². The summed E-state index contributed by atoms with van der Waals surface area (Å²) >= 11 is 6.13. The summed E-state index contributed by atoms with van der Waals surface area (Å²) in [6.45, 7) is 9.50. The van der Waals surface area contributed by atoms with Gasteiger partial charge in [-0.1, -0.05) is 48.0 Å². The van der Waals surface area contributed by atoms with Crippen molar-refractivity contribution in [2.75, 3.05) is 6.61 Å². The molecule has 0 amide bonds. The van der Waals surface area contributed by atoms with Crippen LogP contribution in [0.5, 0.6) is 0 Å². The maximum Gasteiger partial charge on any atom is 0.339 e. The number of hydrogen-bond donors (Lipinski definition) is 0. The second-order valence-corrected chi connectivity index (χ2v) is 8.80. The Hall–Kier alpha value is -2.69. The molecule has 1 atom stereocenters. The number of benzene rings is 3. The Balaban J connectivity index is 2.46. The molecule has 0 fully saturated rings. The summed E-state index contributed by atoms with van der Waals surface area (Å²) in [4.78, 5) is 25.2. The molecule has 0 radical (unpaired) electrons. The molecule has 0 N–H and O–H groups in total. The summed E-state index contributed by atoms with van der Waals surface area (Å²) in [5.41, 5.74) is 2.96. The van der Waals surface area contributed by atoms with Crippen molar-refractivity contribution in [3.8, 4) is 11.1 Å². The second-order valence-electron chi connectivity index (χ2n) is 8.36. The van der Waals surface area contributed by atoms with Gasteiger partial charge in [-0.05, 0) is 74.2 Å². The number of halogens is 1. The molecular formula is C26H27ClO4. The third-order valence-electron chi connectivity index (χ3n) is 5.05. The van der Waals surface area contributed by atoms with Gasteiger partial charge in [-0.2, -0.15) is 0 Å². The molecule has 4 nitrogen and oxygen atoms in total. The molecule has 162 valence electrons. The third-order valence-corrected chi connectivity index (χ3v) is 5.30. The van der Waals surface area contributed by atoms with Gasteiger partial charge in [0, 0.05) is 16.1 Å². The van der Waals surface area contributed by atoms with Crippen molar-refractivity contribution >= 4 is 34.6 Å². The van der Waals surface area contributed by atoms with Crippen LogP contribution in [0.25, 0.3) is 21.9 Å². The predicted molar refractivity (Wildman–Crippen MR) is 125 cm³/mol. The number of fused-ring (bicyclic) bond motifs is 1. The molecule has 0 saturated carbocycles. The molecule has 5 heteroatoms. The van der Waals surface area contributed by atoms with Crippen LogP contribution in [0.1, 0.15) is 55.3 Å². The number of carbonyl (C=O) groups excluding carboxylic acids is 2. The average Bonchev–Trinajstić information content (AvgIpc) is 2.72. The van der Waals surface area contributed by atoms with E-state index in [1.807, 2.05) is 76.2 Å². The zero-order valence-electron chi connectivity index (χ0n) is 18.5. The van der Waals surface area contributed by atoms with Gasteiger partial charge in [0.25, 0.3) is 0 Å². The number of carbonyl (C=O) groups is 2. The SMILES string of the molecule is CCOC(=O)C(OC(C)(C)C)c1c(C)c(C=O)c2ccccc2c1-c1ccc(Cl)cc1. The zero-order chi connectivity index (χ0) is 22.8. The first-order valence-corrected chi connectivity index (χ1v) is 10.7. The van der Waals surface area contributed by atoms with Gasteiger partial charge >= 0.3 is 5.97 Å². The van der Waals surface area contributed by atoms with Crippen LogP contribution < -0.4 is 0 Å². The highest BCUT2D eigenvalue weighted by molar-refractivity contribution is 6.30. The molecule has 0 heterocycles. The van der Waals surface area contributed by atoms with Gasteiger partial charge in [0.15, 0.2) is 12.4 Å². The zero-order valence-corrected chi connectivity index (χ0v) is 19.2. The van der Waals surface area contributed by atoms with Gasteiger partial charge in [0.2, 0.25) is 0 Å². The second kappa shape index (κ2) is 9.21. The van der Waals surface area contributed by atoms with Crippen molar-refractivity contribution in [3.63, 3.8) is 0 Å². The quantitative estimate of drug-likeness (QED) is 0.317. The Morgan fingerprint density at radius 1 is 1.06 bits per heavy atom. The van der Waals surface area contributed by atoms with E-state index in [1.54, 1.807) is 6.92 Å². The van der Waals surface area contributed by atoms with E-state index < -0.39 is 17.7 Å². The lowest BCUT2D eigenvalue weighted by Crippen LogP contribution is -2.30. The molecule has 3 aromatic carbocycles. The highest BCUT2D eigenvalue weighted by atomic mass is 35.5. The Morgan fingerprint density at radius 3 is 2.23 bits per heavy atom. The first-order chi connectivity index (χ1) is 14.7. The van der Waals surface area contributed by atoms with Crippen LogP contribution in [0.4, 0.5) is 0 Å². The Kier molecular flexibility index (Phi) is 6.83. The van der Waals surface area contributed by atoms with E-state index in [0.29, 0.717) is 21.7 Å². The molecule has 3 rings (SSSR count). The van der Waals surface area contributed by atoms with Gasteiger partial charge in [-0.3, -0.25) is 4.79 Å². The molecule has 3 aromatic rings. The summed E-state index contributed by atoms with van der Waals surface area (Å²) in [5, 5.41) is 2.30. The van der Waals surface area contributed by atoms with Crippen LogP contribution in [-0.4, -0.2) is 24.5 Å². The van der Waals surface area contributed by atoms with Gasteiger partial charge in [-0.25, -0.2) is 4.79 Å². The van der Waals surface area contributed by atoms with Crippen LogP contribution >= 0.6 is 11.6 Å². The Labute approximate surface area is 188 Å². The van der Waals surface area contributed by atoms with Gasteiger partial charge in [0.1, 0.15) is 0 Å². The molecule has 0 aromatic heterocycles. The van der Waals surface area contributed by atoms with E-state index in [0.717, 1.165) is 28.2 Å². The minimum atomic E-state index is -0.992. The van der Waals surface area contributed by atoms with Crippen molar-refractivity contribution in [1.82, 2.24) is 0 Å². The number of aldehydes is 1. The van der Waals surface area contributed by atoms with E-state index in [-0.39, 0.29) is 6.61 Å². The van der Waals surface area contributed by atoms with E-state index in [1.165, 1.54) is 0 Å². The van der Waals surface area contributed by atoms with E-state index in [9.17, 15) is 9.59 Å². The van der Waals surface area contributed by atoms with E-state index in [4.69, 9.17) is 21.1 Å². The summed E-state index contributed by atoms with van der Waals surface area (Å²) in [5.74, 6) is -0.483. The van der Waals surface area contributed by atoms with Crippen molar-refractivity contribution in [2.24, 2.45) is 0 Å². The fourth-order valence-electron chi connectivity index (χ4n) is 3.82. The molecule has 0 aliphatic heterocycles.